The molecule has 0 aliphatic carbocycles. The minimum absolute atomic E-state index is 0.0418. The highest BCUT2D eigenvalue weighted by Gasteiger charge is 2.24. The maximum Gasteiger partial charge on any atom is 0.265 e. The lowest BCUT2D eigenvalue weighted by molar-refractivity contribution is -0.123. The van der Waals surface area contributed by atoms with E-state index in [1.54, 1.807) is 14.0 Å². The van der Waals surface area contributed by atoms with Gasteiger partial charge in [-0.3, -0.25) is 19.4 Å². The number of hydrogen-bond donors (Lipinski definition) is 2. The van der Waals surface area contributed by atoms with Crippen LogP contribution in [0.5, 0.6) is 5.75 Å². The fourth-order valence-electron chi connectivity index (χ4n) is 3.27. The van der Waals surface area contributed by atoms with Gasteiger partial charge >= 0.3 is 0 Å². The molecule has 148 valence electrons. The fraction of sp³-hybridized carbons (Fsp3) is 0.579. The van der Waals surface area contributed by atoms with Gasteiger partial charge in [0.25, 0.3) is 5.91 Å². The number of ether oxygens (including phenoxy) is 2. The maximum atomic E-state index is 11.9. The molecule has 1 atom stereocenters. The van der Waals surface area contributed by atoms with Crippen LogP contribution in [0.2, 0.25) is 0 Å². The van der Waals surface area contributed by atoms with Crippen LogP contribution in [0.3, 0.4) is 0 Å². The van der Waals surface area contributed by atoms with Crippen molar-refractivity contribution in [3.05, 3.63) is 23.8 Å². The number of carbonyl (C=O) groups is 2. The summed E-state index contributed by atoms with van der Waals surface area (Å²) in [6.07, 6.45) is -0.455. The third kappa shape index (κ3) is 5.41. The highest BCUT2D eigenvalue weighted by molar-refractivity contribution is 5.97. The smallest absolute Gasteiger partial charge is 0.265 e. The molecule has 0 radical (unpaired) electrons. The van der Waals surface area contributed by atoms with Crippen LogP contribution in [0.25, 0.3) is 0 Å². The van der Waals surface area contributed by atoms with Crippen molar-refractivity contribution in [2.45, 2.75) is 19.6 Å². The Hall–Kier alpha value is -2.16. The van der Waals surface area contributed by atoms with Gasteiger partial charge in [-0.05, 0) is 24.6 Å². The lowest BCUT2D eigenvalue weighted by Gasteiger charge is -2.34. The molecule has 1 fully saturated rings. The van der Waals surface area contributed by atoms with Crippen LogP contribution in [0.1, 0.15) is 12.5 Å². The third-order valence-electron chi connectivity index (χ3n) is 4.84. The summed E-state index contributed by atoms with van der Waals surface area (Å²) in [6, 6.07) is 5.94. The van der Waals surface area contributed by atoms with Crippen molar-refractivity contribution >= 4 is 17.5 Å². The van der Waals surface area contributed by atoms with Gasteiger partial charge < -0.3 is 20.1 Å². The van der Waals surface area contributed by atoms with Gasteiger partial charge in [0.05, 0.1) is 18.8 Å². The molecule has 2 aliphatic rings. The molecular weight excluding hydrogens is 348 g/mol. The number of benzene rings is 1. The van der Waals surface area contributed by atoms with Crippen molar-refractivity contribution in [3.8, 4) is 5.75 Å². The SMILES string of the molecule is COCCNC(=O)CN1CCN(Cc2ccc3c(c2)NC(=O)C(C)O3)CC1. The fourth-order valence-corrected chi connectivity index (χ4v) is 3.27. The number of amides is 2. The summed E-state index contributed by atoms with van der Waals surface area (Å²) in [4.78, 5) is 28.2. The molecule has 3 rings (SSSR count). The topological polar surface area (TPSA) is 83.1 Å². The number of methoxy groups -OCH3 is 1. The van der Waals surface area contributed by atoms with E-state index in [1.807, 2.05) is 18.2 Å². The molecule has 2 N–H and O–H groups in total. The highest BCUT2D eigenvalue weighted by Crippen LogP contribution is 2.30. The Morgan fingerprint density at radius 2 is 2.04 bits per heavy atom. The highest BCUT2D eigenvalue weighted by atomic mass is 16.5. The van der Waals surface area contributed by atoms with Crippen molar-refractivity contribution < 1.29 is 19.1 Å². The number of fused-ring (bicyclic) bond motifs is 1. The molecule has 2 heterocycles. The summed E-state index contributed by atoms with van der Waals surface area (Å²) >= 11 is 0. The molecule has 27 heavy (non-hydrogen) atoms. The number of nitrogens with zero attached hydrogens (tertiary/aromatic N) is 2. The predicted molar refractivity (Wildman–Crippen MR) is 102 cm³/mol. The summed E-state index contributed by atoms with van der Waals surface area (Å²) in [7, 11) is 1.62. The van der Waals surface area contributed by atoms with E-state index in [0.717, 1.165) is 49.7 Å². The number of rotatable bonds is 7. The van der Waals surface area contributed by atoms with Crippen molar-refractivity contribution in [3.63, 3.8) is 0 Å². The van der Waals surface area contributed by atoms with Crippen molar-refractivity contribution in [2.24, 2.45) is 0 Å². The van der Waals surface area contributed by atoms with Crippen molar-refractivity contribution in [1.82, 2.24) is 15.1 Å². The molecule has 8 nitrogen and oxygen atoms in total. The molecule has 0 saturated carbocycles. The Balaban J connectivity index is 1.45. The van der Waals surface area contributed by atoms with Crippen LogP contribution < -0.4 is 15.4 Å². The first-order chi connectivity index (χ1) is 13.0. The zero-order chi connectivity index (χ0) is 19.2. The Bertz CT molecular complexity index is 674. The Morgan fingerprint density at radius 3 is 2.78 bits per heavy atom. The molecule has 1 aromatic rings. The van der Waals surface area contributed by atoms with E-state index in [-0.39, 0.29) is 11.8 Å². The number of carbonyl (C=O) groups excluding carboxylic acids is 2. The zero-order valence-corrected chi connectivity index (χ0v) is 16.0. The van der Waals surface area contributed by atoms with Gasteiger partial charge in [-0.1, -0.05) is 6.07 Å². The average molecular weight is 376 g/mol. The number of nitrogens with one attached hydrogen (secondary N) is 2. The van der Waals surface area contributed by atoms with Crippen LogP contribution in [0.4, 0.5) is 5.69 Å². The summed E-state index contributed by atoms with van der Waals surface area (Å²) < 4.78 is 10.5. The maximum absolute atomic E-state index is 11.9. The van der Waals surface area contributed by atoms with Gasteiger partial charge in [0.1, 0.15) is 5.75 Å². The first-order valence-electron chi connectivity index (χ1n) is 9.36. The Morgan fingerprint density at radius 1 is 1.30 bits per heavy atom. The zero-order valence-electron chi connectivity index (χ0n) is 16.0. The number of piperazine rings is 1. The summed E-state index contributed by atoms with van der Waals surface area (Å²) in [5.74, 6) is 0.646. The number of hydrogen-bond acceptors (Lipinski definition) is 6. The van der Waals surface area contributed by atoms with Crippen LogP contribution in [0.15, 0.2) is 18.2 Å². The molecule has 1 aromatic carbocycles. The van der Waals surface area contributed by atoms with Crippen LogP contribution in [0, 0.1) is 0 Å². The summed E-state index contributed by atoms with van der Waals surface area (Å²) in [6.45, 7) is 7.59. The summed E-state index contributed by atoms with van der Waals surface area (Å²) in [5.41, 5.74) is 1.87. The minimum atomic E-state index is -0.455. The van der Waals surface area contributed by atoms with Crippen LogP contribution in [-0.2, 0) is 20.9 Å². The van der Waals surface area contributed by atoms with E-state index in [2.05, 4.69) is 20.4 Å². The minimum Gasteiger partial charge on any atom is -0.479 e. The van der Waals surface area contributed by atoms with Gasteiger partial charge in [0.15, 0.2) is 6.10 Å². The monoisotopic (exact) mass is 376 g/mol. The predicted octanol–water partition coefficient (Wildman–Crippen LogP) is 0.286. The summed E-state index contributed by atoms with van der Waals surface area (Å²) in [5, 5.41) is 5.74. The quantitative estimate of drug-likeness (QED) is 0.666. The van der Waals surface area contributed by atoms with Crippen molar-refractivity contribution in [1.29, 1.82) is 0 Å². The van der Waals surface area contributed by atoms with Gasteiger partial charge in [-0.25, -0.2) is 0 Å². The van der Waals surface area contributed by atoms with Gasteiger partial charge in [-0.2, -0.15) is 0 Å². The molecule has 1 saturated heterocycles. The second-order valence-corrected chi connectivity index (χ2v) is 6.97. The Labute approximate surface area is 159 Å². The second-order valence-electron chi connectivity index (χ2n) is 6.97. The first-order valence-corrected chi connectivity index (χ1v) is 9.36. The molecule has 2 aliphatic heterocycles. The van der Waals surface area contributed by atoms with Crippen LogP contribution in [-0.4, -0.2) is 80.7 Å². The molecule has 1 unspecified atom stereocenters. The molecular formula is C19H28N4O4. The van der Waals surface area contributed by atoms with E-state index >= 15 is 0 Å². The standard InChI is InChI=1S/C19H28N4O4/c1-14-19(25)21-16-11-15(3-4-17(16)27-14)12-22-6-8-23(9-7-22)13-18(24)20-5-10-26-2/h3-4,11,14H,5-10,12-13H2,1-2H3,(H,20,24)(H,21,25). The van der Waals surface area contributed by atoms with E-state index in [1.165, 1.54) is 0 Å². The first kappa shape index (κ1) is 19.6. The molecule has 0 spiro atoms. The second kappa shape index (κ2) is 9.16. The third-order valence-corrected chi connectivity index (χ3v) is 4.84. The van der Waals surface area contributed by atoms with E-state index in [9.17, 15) is 9.59 Å². The van der Waals surface area contributed by atoms with E-state index in [0.29, 0.717) is 19.7 Å². The molecule has 0 bridgehead atoms. The van der Waals surface area contributed by atoms with Crippen molar-refractivity contribution in [2.75, 3.05) is 58.3 Å². The van der Waals surface area contributed by atoms with Crippen LogP contribution >= 0.6 is 0 Å². The lowest BCUT2D eigenvalue weighted by atomic mass is 10.1. The number of anilines is 1. The normalized spacial score (nSPS) is 20.5. The average Bonchev–Trinajstić information content (AvgIpc) is 2.65. The van der Waals surface area contributed by atoms with E-state index < -0.39 is 6.10 Å². The van der Waals surface area contributed by atoms with Gasteiger partial charge in [0, 0.05) is 46.4 Å². The largest absolute Gasteiger partial charge is 0.479 e. The van der Waals surface area contributed by atoms with Gasteiger partial charge in [-0.15, -0.1) is 0 Å². The Kier molecular flexibility index (Phi) is 6.65. The van der Waals surface area contributed by atoms with Gasteiger partial charge in [0.2, 0.25) is 5.91 Å². The lowest BCUT2D eigenvalue weighted by Crippen LogP contribution is -2.49. The van der Waals surface area contributed by atoms with E-state index in [4.69, 9.17) is 9.47 Å². The molecule has 8 heteroatoms. The molecule has 2 amide bonds. The molecule has 0 aromatic heterocycles.